The van der Waals surface area contributed by atoms with Crippen LogP contribution in [0, 0.1) is 5.92 Å². The van der Waals surface area contributed by atoms with E-state index in [4.69, 9.17) is 9.15 Å². The molecule has 1 atom stereocenters. The van der Waals surface area contributed by atoms with Crippen LogP contribution in [-0.2, 0) is 11.3 Å². The quantitative estimate of drug-likeness (QED) is 0.264. The molecule has 32 heavy (non-hydrogen) atoms. The van der Waals surface area contributed by atoms with Gasteiger partial charge in [-0.25, -0.2) is 0 Å². The van der Waals surface area contributed by atoms with Crippen molar-refractivity contribution in [1.29, 1.82) is 0 Å². The molecule has 1 amide bonds. The van der Waals surface area contributed by atoms with Crippen molar-refractivity contribution in [3.63, 3.8) is 0 Å². The Kier molecular flexibility index (Phi) is 11.0. The summed E-state index contributed by atoms with van der Waals surface area (Å²) in [7, 11) is 1.78. The Morgan fingerprint density at radius 1 is 1.12 bits per heavy atom. The molecule has 1 fully saturated rings. The third-order valence-electron chi connectivity index (χ3n) is 5.40. The van der Waals surface area contributed by atoms with Crippen molar-refractivity contribution in [2.45, 2.75) is 26.4 Å². The number of ether oxygens (including phenoxy) is 1. The van der Waals surface area contributed by atoms with Crippen molar-refractivity contribution in [3.05, 3.63) is 54.0 Å². The zero-order valence-electron chi connectivity index (χ0n) is 19.0. The number of carbonyl (C=O) groups excluding carboxylic acids is 1. The number of carbonyl (C=O) groups is 1. The molecule has 1 aliphatic rings. The van der Waals surface area contributed by atoms with Gasteiger partial charge in [-0.2, -0.15) is 0 Å². The van der Waals surface area contributed by atoms with E-state index >= 15 is 0 Å². The van der Waals surface area contributed by atoms with Gasteiger partial charge in [0.2, 0.25) is 0 Å². The zero-order valence-corrected chi connectivity index (χ0v) is 21.3. The van der Waals surface area contributed by atoms with Gasteiger partial charge in [0, 0.05) is 45.0 Å². The Morgan fingerprint density at radius 3 is 2.44 bits per heavy atom. The average molecular weight is 555 g/mol. The van der Waals surface area contributed by atoms with Gasteiger partial charge in [-0.3, -0.25) is 14.7 Å². The highest BCUT2D eigenvalue weighted by Crippen LogP contribution is 2.13. The number of amides is 1. The van der Waals surface area contributed by atoms with Gasteiger partial charge in [-0.15, -0.1) is 24.0 Å². The highest BCUT2D eigenvalue weighted by Gasteiger charge is 2.23. The maximum absolute atomic E-state index is 12.1. The van der Waals surface area contributed by atoms with Crippen molar-refractivity contribution < 1.29 is 13.9 Å². The first-order valence-electron chi connectivity index (χ1n) is 10.8. The molecule has 0 radical (unpaired) electrons. The van der Waals surface area contributed by atoms with Crippen LogP contribution in [0.1, 0.15) is 30.0 Å². The molecule has 0 saturated carbocycles. The summed E-state index contributed by atoms with van der Waals surface area (Å²) in [5.74, 6) is 1.33. The second kappa shape index (κ2) is 13.4. The molecule has 0 aliphatic carbocycles. The molecule has 0 bridgehead atoms. The highest BCUT2D eigenvalue weighted by atomic mass is 127. The van der Waals surface area contributed by atoms with Crippen LogP contribution in [-0.4, -0.2) is 62.7 Å². The van der Waals surface area contributed by atoms with Crippen LogP contribution in [0.5, 0.6) is 0 Å². The Labute approximate surface area is 207 Å². The number of morpholine rings is 1. The number of aliphatic imine (C=N–C) groups is 1. The molecule has 0 spiro atoms. The van der Waals surface area contributed by atoms with E-state index in [1.807, 2.05) is 24.3 Å². The normalized spacial score (nSPS) is 15.7. The number of benzene rings is 1. The second-order valence-corrected chi connectivity index (χ2v) is 7.89. The summed E-state index contributed by atoms with van der Waals surface area (Å²) in [5, 5.41) is 9.64. The average Bonchev–Trinajstić information content (AvgIpc) is 3.33. The van der Waals surface area contributed by atoms with Crippen LogP contribution in [0.25, 0.3) is 0 Å². The Bertz CT molecular complexity index is 834. The molecular weight excluding hydrogens is 521 g/mol. The predicted molar refractivity (Wildman–Crippen MR) is 138 cm³/mol. The number of nitrogens with zero attached hydrogens (tertiary/aromatic N) is 2. The lowest BCUT2D eigenvalue weighted by atomic mass is 10.0. The second-order valence-electron chi connectivity index (χ2n) is 7.89. The number of nitrogens with one attached hydrogen (secondary N) is 3. The van der Waals surface area contributed by atoms with Crippen LogP contribution in [0.4, 0.5) is 5.69 Å². The molecular formula is C23H34IN5O3. The summed E-state index contributed by atoms with van der Waals surface area (Å²) >= 11 is 0. The van der Waals surface area contributed by atoms with E-state index in [0.29, 0.717) is 18.5 Å². The fourth-order valence-electron chi connectivity index (χ4n) is 3.61. The monoisotopic (exact) mass is 555 g/mol. The van der Waals surface area contributed by atoms with E-state index in [2.05, 4.69) is 39.7 Å². The van der Waals surface area contributed by atoms with Gasteiger partial charge in [0.1, 0.15) is 0 Å². The molecule has 2 aromatic rings. The first-order valence-corrected chi connectivity index (χ1v) is 10.8. The molecule has 176 valence electrons. The van der Waals surface area contributed by atoms with E-state index in [0.717, 1.165) is 50.1 Å². The van der Waals surface area contributed by atoms with Crippen molar-refractivity contribution >= 4 is 41.5 Å². The SMILES string of the molecule is CN=C(NCc1ccc(NC(=O)c2ccco2)cc1)NCC(C(C)C)N1CCOCC1.I. The zero-order chi connectivity index (χ0) is 22.1. The van der Waals surface area contributed by atoms with E-state index in [1.54, 1.807) is 19.2 Å². The van der Waals surface area contributed by atoms with Gasteiger partial charge in [0.25, 0.3) is 5.91 Å². The number of furan rings is 1. The lowest BCUT2D eigenvalue weighted by molar-refractivity contribution is 0.00752. The minimum absolute atomic E-state index is 0. The van der Waals surface area contributed by atoms with Gasteiger partial charge < -0.3 is 25.1 Å². The number of anilines is 1. The summed E-state index contributed by atoms with van der Waals surface area (Å²) in [6.45, 7) is 9.51. The summed E-state index contributed by atoms with van der Waals surface area (Å²) < 4.78 is 10.6. The first-order chi connectivity index (χ1) is 15.1. The summed E-state index contributed by atoms with van der Waals surface area (Å²) in [5.41, 5.74) is 1.81. The van der Waals surface area contributed by atoms with Gasteiger partial charge in [-0.05, 0) is 35.7 Å². The van der Waals surface area contributed by atoms with Gasteiger partial charge in [0.05, 0.1) is 19.5 Å². The molecule has 1 unspecified atom stereocenters. The summed E-state index contributed by atoms with van der Waals surface area (Å²) in [6, 6.07) is 11.5. The lowest BCUT2D eigenvalue weighted by Gasteiger charge is -2.37. The highest BCUT2D eigenvalue weighted by molar-refractivity contribution is 14.0. The molecule has 3 N–H and O–H groups in total. The molecule has 1 aliphatic heterocycles. The third-order valence-corrected chi connectivity index (χ3v) is 5.40. The van der Waals surface area contributed by atoms with E-state index in [9.17, 15) is 4.79 Å². The molecule has 3 rings (SSSR count). The fraction of sp³-hybridized carbons (Fsp3) is 0.478. The first kappa shape index (κ1) is 26.1. The van der Waals surface area contributed by atoms with Crippen LogP contribution < -0.4 is 16.0 Å². The molecule has 1 saturated heterocycles. The van der Waals surface area contributed by atoms with Crippen molar-refractivity contribution in [2.24, 2.45) is 10.9 Å². The van der Waals surface area contributed by atoms with Crippen LogP contribution in [0.3, 0.4) is 0 Å². The van der Waals surface area contributed by atoms with Gasteiger partial charge in [-0.1, -0.05) is 26.0 Å². The largest absolute Gasteiger partial charge is 0.459 e. The number of guanidine groups is 1. The van der Waals surface area contributed by atoms with E-state index in [1.165, 1.54) is 6.26 Å². The Balaban J connectivity index is 0.00000363. The Morgan fingerprint density at radius 2 is 1.84 bits per heavy atom. The lowest BCUT2D eigenvalue weighted by Crippen LogP contribution is -2.52. The van der Waals surface area contributed by atoms with Gasteiger partial charge >= 0.3 is 0 Å². The minimum Gasteiger partial charge on any atom is -0.459 e. The standard InChI is InChI=1S/C23H33N5O3.HI/c1-17(2)20(28-10-13-30-14-11-28)16-26-23(24-3)25-15-18-6-8-19(9-7-18)27-22(29)21-5-4-12-31-21;/h4-9,12,17,20H,10-11,13-16H2,1-3H3,(H,27,29)(H2,24,25,26);1H. The van der Waals surface area contributed by atoms with Crippen molar-refractivity contribution in [1.82, 2.24) is 15.5 Å². The number of hydrogen-bond acceptors (Lipinski definition) is 5. The molecule has 1 aromatic heterocycles. The van der Waals surface area contributed by atoms with Crippen LogP contribution in [0.2, 0.25) is 0 Å². The number of hydrogen-bond donors (Lipinski definition) is 3. The molecule has 2 heterocycles. The van der Waals surface area contributed by atoms with Crippen molar-refractivity contribution in [2.75, 3.05) is 45.2 Å². The van der Waals surface area contributed by atoms with Gasteiger partial charge in [0.15, 0.2) is 11.7 Å². The topological polar surface area (TPSA) is 91.1 Å². The predicted octanol–water partition coefficient (Wildman–Crippen LogP) is 3.17. The molecule has 9 heteroatoms. The maximum Gasteiger partial charge on any atom is 0.291 e. The maximum atomic E-state index is 12.1. The summed E-state index contributed by atoms with van der Waals surface area (Å²) in [4.78, 5) is 18.9. The van der Waals surface area contributed by atoms with Crippen LogP contribution >= 0.6 is 24.0 Å². The minimum atomic E-state index is -0.263. The van der Waals surface area contributed by atoms with Crippen molar-refractivity contribution in [3.8, 4) is 0 Å². The number of rotatable bonds is 8. The third kappa shape index (κ3) is 7.79. The fourth-order valence-corrected chi connectivity index (χ4v) is 3.61. The molecule has 1 aromatic carbocycles. The smallest absolute Gasteiger partial charge is 0.291 e. The molecule has 8 nitrogen and oxygen atoms in total. The van der Waals surface area contributed by atoms with Crippen LogP contribution in [0.15, 0.2) is 52.1 Å². The van der Waals surface area contributed by atoms with E-state index in [-0.39, 0.29) is 35.6 Å². The Hall–Kier alpha value is -2.11. The van der Waals surface area contributed by atoms with E-state index < -0.39 is 0 Å². The number of halogens is 1. The summed E-state index contributed by atoms with van der Waals surface area (Å²) in [6.07, 6.45) is 1.48.